The molecule has 0 aliphatic carbocycles. The van der Waals surface area contributed by atoms with E-state index >= 15 is 0 Å². The summed E-state index contributed by atoms with van der Waals surface area (Å²) in [5.74, 6) is -0.896. The van der Waals surface area contributed by atoms with Crippen molar-refractivity contribution in [3.05, 3.63) is 5.92 Å². The topological polar surface area (TPSA) is 74.6 Å². The number of carbonyl (C=O) groups is 2. The van der Waals surface area contributed by atoms with E-state index in [0.29, 0.717) is 0 Å². The average Bonchev–Trinajstić information content (AvgIpc) is 2.47. The van der Waals surface area contributed by atoms with Crippen LogP contribution in [0.15, 0.2) is 0 Å². The predicted octanol–water partition coefficient (Wildman–Crippen LogP) is 2.85. The fourth-order valence-corrected chi connectivity index (χ4v) is 2.29. The molecule has 24 heavy (non-hydrogen) atoms. The minimum Gasteiger partial charge on any atom is -0.481 e. The molecule has 5 heteroatoms. The van der Waals surface area contributed by atoms with E-state index in [-0.39, 0.29) is 18.9 Å². The Labute approximate surface area is 161 Å². The van der Waals surface area contributed by atoms with Crippen LogP contribution in [0.2, 0.25) is 0 Å². The number of carboxylic acid groups (broad SMARTS) is 2. The SMILES string of the molecule is CCCCCCCCCC[C-](C)CCCC.O=C(O)CC(=O)O.[Li+]. The zero-order chi connectivity index (χ0) is 17.9. The summed E-state index contributed by atoms with van der Waals surface area (Å²) in [5, 5.41) is 15.4. The van der Waals surface area contributed by atoms with Crippen molar-refractivity contribution in [1.29, 1.82) is 0 Å². The first-order valence-electron chi connectivity index (χ1n) is 9.18. The Balaban J connectivity index is -0.000000468. The molecule has 0 aromatic rings. The van der Waals surface area contributed by atoms with Crippen LogP contribution in [0.4, 0.5) is 0 Å². The molecule has 4 nitrogen and oxygen atoms in total. The summed E-state index contributed by atoms with van der Waals surface area (Å²) in [6.45, 7) is 6.91. The van der Waals surface area contributed by atoms with Gasteiger partial charge in [0.1, 0.15) is 6.42 Å². The molecular weight excluding hydrogens is 299 g/mol. The standard InChI is InChI=1S/C16H33.C3H4O4.Li/c1-4-6-8-9-10-11-12-13-15-16(3)14-7-5-2;4-2(5)1-3(6)7;/h4-15H2,1-3H3;1H2,(H,4,5)(H,6,7);/q-1;;+1. The first-order valence-corrected chi connectivity index (χ1v) is 9.18. The van der Waals surface area contributed by atoms with Crippen LogP contribution in [0.1, 0.15) is 104 Å². The largest absolute Gasteiger partial charge is 1.00 e. The van der Waals surface area contributed by atoms with Crippen molar-refractivity contribution in [3.8, 4) is 0 Å². The number of rotatable bonds is 14. The zero-order valence-electron chi connectivity index (χ0n) is 16.4. The maximum Gasteiger partial charge on any atom is 1.00 e. The van der Waals surface area contributed by atoms with Crippen LogP contribution < -0.4 is 18.9 Å². The van der Waals surface area contributed by atoms with Crippen molar-refractivity contribution < 1.29 is 38.7 Å². The van der Waals surface area contributed by atoms with Crippen LogP contribution in [0.5, 0.6) is 0 Å². The average molecular weight is 336 g/mol. The fraction of sp³-hybridized carbons (Fsp3) is 0.842. The third-order valence-electron chi connectivity index (χ3n) is 3.72. The second-order valence-corrected chi connectivity index (χ2v) is 6.25. The number of aliphatic carboxylic acids is 2. The van der Waals surface area contributed by atoms with Crippen molar-refractivity contribution in [2.75, 3.05) is 0 Å². The monoisotopic (exact) mass is 336 g/mol. The Morgan fingerprint density at radius 2 is 1.08 bits per heavy atom. The Hall–Kier alpha value is -0.463. The van der Waals surface area contributed by atoms with E-state index in [4.69, 9.17) is 10.2 Å². The first kappa shape index (κ1) is 28.3. The van der Waals surface area contributed by atoms with Gasteiger partial charge in [-0.15, -0.1) is 0 Å². The van der Waals surface area contributed by atoms with Gasteiger partial charge >= 0.3 is 30.8 Å². The molecule has 0 radical (unpaired) electrons. The van der Waals surface area contributed by atoms with Gasteiger partial charge in [0.25, 0.3) is 0 Å². The molecule has 0 bridgehead atoms. The van der Waals surface area contributed by atoms with Crippen molar-refractivity contribution in [3.63, 3.8) is 0 Å². The smallest absolute Gasteiger partial charge is 0.481 e. The van der Waals surface area contributed by atoms with Crippen LogP contribution in [0, 0.1) is 5.92 Å². The third kappa shape index (κ3) is 29.5. The molecule has 0 heterocycles. The number of hydrogen-bond donors (Lipinski definition) is 2. The van der Waals surface area contributed by atoms with Crippen molar-refractivity contribution in [1.82, 2.24) is 0 Å². The summed E-state index contributed by atoms with van der Waals surface area (Å²) in [6.07, 6.45) is 16.2. The molecule has 2 N–H and O–H groups in total. The van der Waals surface area contributed by atoms with Crippen LogP contribution in [0.3, 0.4) is 0 Å². The van der Waals surface area contributed by atoms with E-state index in [0.717, 1.165) is 0 Å². The number of hydrogen-bond acceptors (Lipinski definition) is 2. The quantitative estimate of drug-likeness (QED) is 0.221. The molecule has 0 fully saturated rings. The molecule has 0 rings (SSSR count). The molecule has 0 unspecified atom stereocenters. The molecule has 0 atom stereocenters. The van der Waals surface area contributed by atoms with Crippen molar-refractivity contribution in [2.24, 2.45) is 0 Å². The van der Waals surface area contributed by atoms with E-state index in [1.54, 1.807) is 5.92 Å². The second kappa shape index (κ2) is 22.5. The molecule has 0 aromatic carbocycles. The van der Waals surface area contributed by atoms with Gasteiger partial charge in [0.15, 0.2) is 0 Å². The van der Waals surface area contributed by atoms with E-state index in [2.05, 4.69) is 20.8 Å². The van der Waals surface area contributed by atoms with Crippen molar-refractivity contribution in [2.45, 2.75) is 104 Å². The van der Waals surface area contributed by atoms with Gasteiger partial charge < -0.3 is 16.1 Å². The summed E-state index contributed by atoms with van der Waals surface area (Å²) in [5.41, 5.74) is 0. The van der Waals surface area contributed by atoms with Crippen LogP contribution in [0.25, 0.3) is 0 Å². The number of carboxylic acids is 2. The van der Waals surface area contributed by atoms with Gasteiger partial charge in [-0.05, 0) is 0 Å². The zero-order valence-corrected chi connectivity index (χ0v) is 16.4. The molecule has 138 valence electrons. The Morgan fingerprint density at radius 3 is 1.46 bits per heavy atom. The van der Waals surface area contributed by atoms with Gasteiger partial charge in [-0.3, -0.25) is 9.59 Å². The predicted molar refractivity (Wildman–Crippen MR) is 95.6 cm³/mol. The molecule has 0 saturated heterocycles. The molecular formula is C19H37LiO4. The summed E-state index contributed by atoms with van der Waals surface area (Å²) >= 11 is 0. The van der Waals surface area contributed by atoms with Gasteiger partial charge in [0.05, 0.1) is 0 Å². The van der Waals surface area contributed by atoms with Gasteiger partial charge in [-0.1, -0.05) is 78.1 Å². The van der Waals surface area contributed by atoms with E-state index in [1.165, 1.54) is 77.0 Å². The van der Waals surface area contributed by atoms with Crippen LogP contribution in [-0.2, 0) is 9.59 Å². The Bertz CT molecular complexity index is 271. The summed E-state index contributed by atoms with van der Waals surface area (Å²) < 4.78 is 0. The minimum atomic E-state index is -1.31. The Kier molecular flexibility index (Phi) is 26.6. The third-order valence-corrected chi connectivity index (χ3v) is 3.72. The van der Waals surface area contributed by atoms with Gasteiger partial charge in [0, 0.05) is 0 Å². The summed E-state index contributed by atoms with van der Waals surface area (Å²) in [7, 11) is 0. The first-order chi connectivity index (χ1) is 10.9. The second-order valence-electron chi connectivity index (χ2n) is 6.25. The van der Waals surface area contributed by atoms with Gasteiger partial charge in [-0.2, -0.15) is 19.8 Å². The fourth-order valence-electron chi connectivity index (χ4n) is 2.29. The van der Waals surface area contributed by atoms with E-state index in [9.17, 15) is 9.59 Å². The number of unbranched alkanes of at least 4 members (excludes halogenated alkanes) is 8. The molecule has 0 saturated carbocycles. The minimum absolute atomic E-state index is 0. The van der Waals surface area contributed by atoms with Crippen LogP contribution in [-0.4, -0.2) is 22.2 Å². The Morgan fingerprint density at radius 1 is 0.708 bits per heavy atom. The molecule has 0 amide bonds. The van der Waals surface area contributed by atoms with Gasteiger partial charge in [0.2, 0.25) is 0 Å². The molecule has 0 spiro atoms. The van der Waals surface area contributed by atoms with Crippen LogP contribution >= 0.6 is 0 Å². The van der Waals surface area contributed by atoms with E-state index in [1.807, 2.05) is 0 Å². The summed E-state index contributed by atoms with van der Waals surface area (Å²) in [4.78, 5) is 18.9. The normalized spacial score (nSPS) is 9.83. The molecule has 0 aromatic heterocycles. The van der Waals surface area contributed by atoms with Crippen molar-refractivity contribution >= 4 is 11.9 Å². The molecule has 0 aliphatic heterocycles. The molecule has 0 aliphatic rings. The maximum absolute atomic E-state index is 9.43. The maximum atomic E-state index is 9.43. The summed E-state index contributed by atoms with van der Waals surface area (Å²) in [6, 6.07) is 0. The van der Waals surface area contributed by atoms with E-state index < -0.39 is 18.4 Å². The van der Waals surface area contributed by atoms with Gasteiger partial charge in [-0.25, -0.2) is 0 Å².